The summed E-state index contributed by atoms with van der Waals surface area (Å²) in [6.45, 7) is 15.1. The Morgan fingerprint density at radius 1 is 1.14 bits per heavy atom. The molecule has 2 aliphatic heterocycles. The van der Waals surface area contributed by atoms with Gasteiger partial charge in [-0.3, -0.25) is 9.52 Å². The zero-order chi connectivity index (χ0) is 32.7. The second kappa shape index (κ2) is 12.1. The minimum atomic E-state index is -4.38. The molecule has 0 saturated carbocycles. The van der Waals surface area contributed by atoms with E-state index in [2.05, 4.69) is 35.7 Å². The second-order valence-electron chi connectivity index (χ2n) is 13.4. The molecule has 0 radical (unpaired) electrons. The Labute approximate surface area is 260 Å². The molecule has 0 spiro atoms. The number of carbonyl (C=O) groups excluding carboxylic acids is 2. The first kappa shape index (κ1) is 33.4. The normalized spacial score (nSPS) is 19.2. The summed E-state index contributed by atoms with van der Waals surface area (Å²) in [6.07, 6.45) is 0.555. The highest BCUT2D eigenvalue weighted by Gasteiger charge is 2.52. The van der Waals surface area contributed by atoms with Crippen molar-refractivity contribution in [3.63, 3.8) is 0 Å². The van der Waals surface area contributed by atoms with Crippen molar-refractivity contribution in [2.45, 2.75) is 84.0 Å². The van der Waals surface area contributed by atoms with E-state index in [-0.39, 0.29) is 30.4 Å². The van der Waals surface area contributed by atoms with Gasteiger partial charge in [0.15, 0.2) is 0 Å². The second-order valence-corrected chi connectivity index (χ2v) is 19.6. The summed E-state index contributed by atoms with van der Waals surface area (Å²) in [5.41, 5.74) is 1.62. The first-order valence-electron chi connectivity index (χ1n) is 14.3. The van der Waals surface area contributed by atoms with Crippen LogP contribution in [0.1, 0.15) is 70.4 Å². The summed E-state index contributed by atoms with van der Waals surface area (Å²) in [6, 6.07) is 7.84. The Morgan fingerprint density at radius 2 is 1.80 bits per heavy atom. The quantitative estimate of drug-likeness (QED) is 0.221. The third-order valence-corrected chi connectivity index (χ3v) is 12.9. The van der Waals surface area contributed by atoms with Crippen LogP contribution >= 0.6 is 0 Å². The van der Waals surface area contributed by atoms with E-state index in [1.807, 2.05) is 48.1 Å². The molecule has 44 heavy (non-hydrogen) atoms. The number of aromatic nitrogens is 2. The number of urea groups is 1. The largest absolute Gasteiger partial charge is 0.455 e. The van der Waals surface area contributed by atoms with E-state index >= 15 is 0 Å². The van der Waals surface area contributed by atoms with Crippen LogP contribution in [-0.2, 0) is 38.0 Å². The number of nitrogens with one attached hydrogen (secondary N) is 2. The highest BCUT2D eigenvalue weighted by Crippen LogP contribution is 2.45. The van der Waals surface area contributed by atoms with Gasteiger partial charge in [-0.25, -0.2) is 14.3 Å². The summed E-state index contributed by atoms with van der Waals surface area (Å²) in [7, 11) is -5.10. The van der Waals surface area contributed by atoms with Gasteiger partial charge in [0.25, 0.3) is 8.32 Å². The standard InChI is InChI=1S/C28H43N7O7SSi/c1-27(2,3)41-25(36)32-43(38,39)30-16-21(31-42-44(8,9)28(4,5)6)24-23-20(15-29-33(23)7)22-17-34(24)26(37)35(22)40-18-19-13-11-10-12-14-19/h10-15,22,24,30H,16-18H2,1-9H3,(H,32,36)/b31-21+/t22-,24-/m1/s1. The molecule has 16 heteroatoms. The molecule has 2 aromatic rings. The lowest BCUT2D eigenvalue weighted by atomic mass is 9.95. The number of amides is 3. The van der Waals surface area contributed by atoms with E-state index in [1.54, 1.807) is 43.6 Å². The van der Waals surface area contributed by atoms with Crippen LogP contribution in [0.5, 0.6) is 0 Å². The average Bonchev–Trinajstić information content (AvgIpc) is 3.40. The zero-order valence-electron chi connectivity index (χ0n) is 26.7. The van der Waals surface area contributed by atoms with Crippen LogP contribution in [0, 0.1) is 0 Å². The van der Waals surface area contributed by atoms with Crippen molar-refractivity contribution in [3.05, 3.63) is 53.3 Å². The first-order chi connectivity index (χ1) is 20.3. The van der Waals surface area contributed by atoms with Gasteiger partial charge in [0.05, 0.1) is 30.7 Å². The Kier molecular flexibility index (Phi) is 9.22. The highest BCUT2D eigenvalue weighted by atomic mass is 32.2. The van der Waals surface area contributed by atoms with Crippen molar-refractivity contribution in [1.29, 1.82) is 0 Å². The molecule has 2 N–H and O–H groups in total. The van der Waals surface area contributed by atoms with Crippen LogP contribution in [0.25, 0.3) is 0 Å². The summed E-state index contributed by atoms with van der Waals surface area (Å²) in [5.74, 6) is 0. The number of ether oxygens (including phenoxy) is 1. The number of hydrogen-bond donors (Lipinski definition) is 2. The maximum absolute atomic E-state index is 13.8. The van der Waals surface area contributed by atoms with Gasteiger partial charge >= 0.3 is 22.3 Å². The molecule has 3 heterocycles. The third kappa shape index (κ3) is 7.42. The molecule has 2 aliphatic rings. The van der Waals surface area contributed by atoms with Crippen LogP contribution in [-0.4, -0.2) is 73.0 Å². The molecule has 0 unspecified atom stereocenters. The Morgan fingerprint density at radius 3 is 2.41 bits per heavy atom. The lowest BCUT2D eigenvalue weighted by Gasteiger charge is -2.35. The molecule has 1 aromatic heterocycles. The number of benzene rings is 1. The molecular formula is C28H43N7O7SSi. The van der Waals surface area contributed by atoms with Crippen molar-refractivity contribution >= 4 is 36.4 Å². The van der Waals surface area contributed by atoms with Crippen molar-refractivity contribution in [2.75, 3.05) is 13.1 Å². The van der Waals surface area contributed by atoms with Gasteiger partial charge in [-0.05, 0) is 44.5 Å². The number of rotatable bonds is 10. The van der Waals surface area contributed by atoms with E-state index in [4.69, 9.17) is 14.1 Å². The number of hydrogen-bond acceptors (Lipinski definition) is 9. The molecule has 0 aliphatic carbocycles. The number of nitrogens with zero attached hydrogens (tertiary/aromatic N) is 5. The molecule has 242 valence electrons. The van der Waals surface area contributed by atoms with Crippen LogP contribution in [0.15, 0.2) is 41.7 Å². The molecular weight excluding hydrogens is 607 g/mol. The molecule has 1 fully saturated rings. The number of aryl methyl sites for hydroxylation is 1. The van der Waals surface area contributed by atoms with Crippen LogP contribution in [0.2, 0.25) is 18.1 Å². The predicted molar refractivity (Wildman–Crippen MR) is 166 cm³/mol. The van der Waals surface area contributed by atoms with Crippen molar-refractivity contribution in [3.8, 4) is 0 Å². The summed E-state index contributed by atoms with van der Waals surface area (Å²) < 4.78 is 43.0. The molecule has 14 nitrogen and oxygen atoms in total. The van der Waals surface area contributed by atoms with Crippen LogP contribution < -0.4 is 9.44 Å². The topological polar surface area (TPSA) is 157 Å². The van der Waals surface area contributed by atoms with Crippen molar-refractivity contribution < 1.29 is 32.1 Å². The first-order valence-corrected chi connectivity index (χ1v) is 18.7. The summed E-state index contributed by atoms with van der Waals surface area (Å²) >= 11 is 0. The van der Waals surface area contributed by atoms with Gasteiger partial charge in [-0.1, -0.05) is 51.1 Å². The fourth-order valence-corrected chi connectivity index (χ4v) is 5.84. The number of hydroxylamine groups is 2. The molecule has 1 aromatic carbocycles. The average molecular weight is 650 g/mol. The van der Waals surface area contributed by atoms with Gasteiger partial charge in [-0.15, -0.1) is 5.16 Å². The lowest BCUT2D eigenvalue weighted by molar-refractivity contribution is -0.141. The lowest BCUT2D eigenvalue weighted by Crippen LogP contribution is -2.48. The van der Waals surface area contributed by atoms with Gasteiger partial charge in [0, 0.05) is 12.6 Å². The minimum absolute atomic E-state index is 0.183. The molecule has 2 atom stereocenters. The van der Waals surface area contributed by atoms with Gasteiger partial charge < -0.3 is 14.2 Å². The van der Waals surface area contributed by atoms with E-state index < -0.39 is 48.3 Å². The maximum atomic E-state index is 13.8. The van der Waals surface area contributed by atoms with E-state index in [1.165, 1.54) is 5.06 Å². The van der Waals surface area contributed by atoms with E-state index in [9.17, 15) is 18.0 Å². The number of carbonyl (C=O) groups is 2. The fourth-order valence-electron chi connectivity index (χ4n) is 4.55. The van der Waals surface area contributed by atoms with Crippen LogP contribution in [0.4, 0.5) is 9.59 Å². The van der Waals surface area contributed by atoms with Crippen molar-refractivity contribution in [1.82, 2.24) is 29.2 Å². The summed E-state index contributed by atoms with van der Waals surface area (Å²) in [4.78, 5) is 33.7. The smallest absolute Gasteiger partial charge is 0.422 e. The van der Waals surface area contributed by atoms with Crippen molar-refractivity contribution in [2.24, 2.45) is 12.2 Å². The van der Waals surface area contributed by atoms with Gasteiger partial charge in [0.2, 0.25) is 0 Å². The number of fused-ring (bicyclic) bond motifs is 4. The highest BCUT2D eigenvalue weighted by molar-refractivity contribution is 7.88. The SMILES string of the molecule is Cn1ncc2c1[C@@H](/C(CNS(=O)(=O)NC(=O)OC(C)(C)C)=N/O[Si](C)(C)C(C)(C)C)N1C[C@H]2N(OCc2ccccc2)C1=O. The molecule has 3 amide bonds. The summed E-state index contributed by atoms with van der Waals surface area (Å²) in [5, 5.41) is 10.1. The monoisotopic (exact) mass is 649 g/mol. The molecule has 1 saturated heterocycles. The molecule has 2 bridgehead atoms. The minimum Gasteiger partial charge on any atom is -0.455 e. The zero-order valence-corrected chi connectivity index (χ0v) is 28.6. The third-order valence-electron chi connectivity index (χ3n) is 7.82. The number of oxime groups is 1. The Bertz CT molecular complexity index is 1510. The van der Waals surface area contributed by atoms with Crippen LogP contribution in [0.3, 0.4) is 0 Å². The Hall–Kier alpha value is -3.47. The van der Waals surface area contributed by atoms with Gasteiger partial charge in [0.1, 0.15) is 24.3 Å². The Balaban J connectivity index is 1.67. The predicted octanol–water partition coefficient (Wildman–Crippen LogP) is 4.12. The van der Waals surface area contributed by atoms with Gasteiger partial charge in [-0.2, -0.15) is 23.3 Å². The molecule has 4 rings (SSSR count). The fraction of sp³-hybridized carbons (Fsp3) is 0.571. The maximum Gasteiger partial charge on any atom is 0.422 e. The van der Waals surface area contributed by atoms with E-state index in [0.717, 1.165) is 11.1 Å². The van der Waals surface area contributed by atoms with E-state index in [0.29, 0.717) is 5.69 Å².